The number of aromatic nitrogens is 2. The number of carbonyl (C=O) groups is 6. The molecule has 1 aliphatic rings. The number of imidazole rings is 1. The lowest BCUT2D eigenvalue weighted by Crippen LogP contribution is -2.59. The van der Waals surface area contributed by atoms with E-state index >= 15 is 0 Å². The number of aromatic amines is 1. The van der Waals surface area contributed by atoms with Crippen molar-refractivity contribution in [3.63, 3.8) is 0 Å². The molecule has 1 aliphatic heterocycles. The third-order valence-electron chi connectivity index (χ3n) is 10.6. The Labute approximate surface area is 375 Å². The molecule has 0 bridgehead atoms. The van der Waals surface area contributed by atoms with E-state index in [-0.39, 0.29) is 57.5 Å². The highest BCUT2D eigenvalue weighted by atomic mass is 31.2. The maximum atomic E-state index is 13.9. The second kappa shape index (κ2) is 28.2. The SMILES string of the molecule is CC(C)C[C@H](NC(=O)[C@@H]1CCCN1C(=O)CCOCCO)C(=O)N[C@@H](Cc1cnc[nH]1)C(=O)N[C@@H](C)C(=O)N[C@H](C(N)=O)[C@@H](C)OP(=O)(O)OCCCCCCCCc1ccccc1. The predicted molar refractivity (Wildman–Crippen MR) is 236 cm³/mol. The van der Waals surface area contributed by atoms with Crippen LogP contribution in [0.1, 0.15) is 103 Å². The summed E-state index contributed by atoms with van der Waals surface area (Å²) in [5.74, 6) is -4.34. The number of ether oxygens (including phenoxy) is 1. The maximum absolute atomic E-state index is 13.9. The monoisotopic (exact) mass is 920 g/mol. The van der Waals surface area contributed by atoms with Gasteiger partial charge in [-0.1, -0.05) is 69.9 Å². The highest BCUT2D eigenvalue weighted by Gasteiger charge is 2.38. The predicted octanol–water partition coefficient (Wildman–Crippen LogP) is 1.94. The molecule has 1 unspecified atom stereocenters. The quantitative estimate of drug-likeness (QED) is 0.0397. The summed E-state index contributed by atoms with van der Waals surface area (Å²) < 4.78 is 28.3. The molecular weight excluding hydrogens is 851 g/mol. The lowest BCUT2D eigenvalue weighted by molar-refractivity contribution is -0.140. The molecule has 1 saturated heterocycles. The largest absolute Gasteiger partial charge is 0.472 e. The number of hydrogen-bond acceptors (Lipinski definition) is 12. The molecule has 0 aliphatic carbocycles. The summed E-state index contributed by atoms with van der Waals surface area (Å²) in [5, 5.41) is 19.3. The fourth-order valence-electron chi connectivity index (χ4n) is 7.22. The number of primary amides is 1. The van der Waals surface area contributed by atoms with Crippen molar-refractivity contribution < 1.29 is 57.1 Å². The normalized spacial score (nSPS) is 17.1. The fourth-order valence-corrected chi connectivity index (χ4v) is 8.18. The minimum atomic E-state index is -4.67. The lowest BCUT2D eigenvalue weighted by atomic mass is 10.0. The van der Waals surface area contributed by atoms with E-state index in [4.69, 9.17) is 24.6 Å². The van der Waals surface area contributed by atoms with E-state index in [0.717, 1.165) is 38.5 Å². The van der Waals surface area contributed by atoms with Crippen molar-refractivity contribution in [3.05, 3.63) is 54.1 Å². The van der Waals surface area contributed by atoms with Crippen molar-refractivity contribution in [1.82, 2.24) is 36.1 Å². The number of likely N-dealkylation sites (tertiary alicyclic amines) is 1. The highest BCUT2D eigenvalue weighted by molar-refractivity contribution is 7.47. The van der Waals surface area contributed by atoms with Crippen LogP contribution in [0.3, 0.4) is 0 Å². The Morgan fingerprint density at radius 2 is 1.58 bits per heavy atom. The number of H-pyrrole nitrogens is 1. The summed E-state index contributed by atoms with van der Waals surface area (Å²) in [7, 11) is -4.67. The van der Waals surface area contributed by atoms with Crippen LogP contribution in [-0.2, 0) is 60.0 Å². The third-order valence-corrected chi connectivity index (χ3v) is 11.7. The number of nitrogens with two attached hydrogens (primary N) is 1. The molecule has 6 amide bonds. The zero-order chi connectivity index (χ0) is 47.1. The molecule has 0 saturated carbocycles. The van der Waals surface area contributed by atoms with Crippen LogP contribution in [0.5, 0.6) is 0 Å². The van der Waals surface area contributed by atoms with Crippen LogP contribution in [0, 0.1) is 5.92 Å². The van der Waals surface area contributed by atoms with E-state index in [9.17, 15) is 38.2 Å². The van der Waals surface area contributed by atoms with Crippen molar-refractivity contribution >= 4 is 43.3 Å². The molecule has 358 valence electrons. The molecule has 64 heavy (non-hydrogen) atoms. The van der Waals surface area contributed by atoms with Gasteiger partial charge in [0.1, 0.15) is 30.2 Å². The number of nitrogens with one attached hydrogen (secondary N) is 5. The second-order valence-electron chi connectivity index (χ2n) is 16.5. The molecule has 1 aromatic heterocycles. The molecule has 0 radical (unpaired) electrons. The van der Waals surface area contributed by atoms with Gasteiger partial charge >= 0.3 is 7.82 Å². The Balaban J connectivity index is 1.55. The van der Waals surface area contributed by atoms with Gasteiger partial charge in [0.25, 0.3) is 0 Å². The number of aryl methyl sites for hydroxylation is 1. The van der Waals surface area contributed by atoms with Crippen LogP contribution in [0.25, 0.3) is 0 Å². The first-order valence-corrected chi connectivity index (χ1v) is 23.7. The zero-order valence-electron chi connectivity index (χ0n) is 37.5. The molecule has 0 spiro atoms. The smallest absolute Gasteiger partial charge is 0.394 e. The van der Waals surface area contributed by atoms with Crippen LogP contribution >= 0.6 is 7.82 Å². The highest BCUT2D eigenvalue weighted by Crippen LogP contribution is 2.45. The number of nitrogens with zero attached hydrogens (tertiary/aromatic N) is 2. The standard InChI is InChI=1S/C43H69N8O12P/c1-29(2)25-34(49-43(58)36-18-14-20-51(36)37(53)19-23-61-24-21-52)42(57)48-35(26-33-27-45-28-46-33)41(56)47-30(3)40(55)50-38(39(44)54)31(4)63-64(59,60)62-22-13-8-6-5-7-10-15-32-16-11-9-12-17-32/h9,11-12,16-17,27-31,34-36,38,52H,5-8,10,13-15,18-26H2,1-4H3,(H2,44,54)(H,45,46)(H,47,56)(H,48,57)(H,49,58)(H,50,55)(H,59,60)/t30-,31+,34-,35-,36-,38-/m0/s1. The number of unbranched alkanes of at least 4 members (excludes halogenated alkanes) is 5. The summed E-state index contributed by atoms with van der Waals surface area (Å²) in [6.07, 6.45) is 8.92. The van der Waals surface area contributed by atoms with Gasteiger partial charge < -0.3 is 51.6 Å². The van der Waals surface area contributed by atoms with Crippen molar-refractivity contribution in [2.24, 2.45) is 11.7 Å². The number of phosphoric ester groups is 1. The Morgan fingerprint density at radius 1 is 0.891 bits per heavy atom. The van der Waals surface area contributed by atoms with Crippen LogP contribution in [-0.4, -0.2) is 130 Å². The van der Waals surface area contributed by atoms with Crippen LogP contribution in [0.15, 0.2) is 42.9 Å². The van der Waals surface area contributed by atoms with Gasteiger partial charge in [0, 0.05) is 24.9 Å². The third kappa shape index (κ3) is 19.6. The van der Waals surface area contributed by atoms with E-state index < -0.39 is 73.7 Å². The van der Waals surface area contributed by atoms with Gasteiger partial charge in [-0.15, -0.1) is 0 Å². The van der Waals surface area contributed by atoms with Crippen LogP contribution in [0.2, 0.25) is 0 Å². The van der Waals surface area contributed by atoms with Crippen molar-refractivity contribution in [2.75, 3.05) is 33.0 Å². The van der Waals surface area contributed by atoms with Gasteiger partial charge in [0.05, 0.1) is 45.3 Å². The minimum Gasteiger partial charge on any atom is -0.394 e. The van der Waals surface area contributed by atoms with Gasteiger partial charge in [0.15, 0.2) is 0 Å². The number of phosphoric acid groups is 1. The molecule has 1 fully saturated rings. The molecule has 20 nitrogen and oxygen atoms in total. The van der Waals surface area contributed by atoms with E-state index in [1.807, 2.05) is 32.0 Å². The lowest BCUT2D eigenvalue weighted by Gasteiger charge is -2.28. The first-order valence-electron chi connectivity index (χ1n) is 22.2. The Kier molecular flexibility index (Phi) is 23.7. The van der Waals surface area contributed by atoms with E-state index in [0.29, 0.717) is 31.5 Å². The van der Waals surface area contributed by atoms with Gasteiger partial charge in [-0.05, 0) is 63.9 Å². The fraction of sp³-hybridized carbons (Fsp3) is 0.651. The number of aliphatic hydroxyl groups excluding tert-OH is 1. The molecule has 9 N–H and O–H groups in total. The van der Waals surface area contributed by atoms with E-state index in [2.05, 4.69) is 43.4 Å². The summed E-state index contributed by atoms with van der Waals surface area (Å²) in [6.45, 7) is 6.58. The van der Waals surface area contributed by atoms with Gasteiger partial charge in [-0.3, -0.25) is 37.8 Å². The molecule has 2 aromatic rings. The first-order chi connectivity index (χ1) is 30.5. The zero-order valence-corrected chi connectivity index (χ0v) is 38.4. The Hall–Kier alpha value is -4.72. The van der Waals surface area contributed by atoms with E-state index in [1.54, 1.807) is 0 Å². The van der Waals surface area contributed by atoms with Crippen molar-refractivity contribution in [3.8, 4) is 0 Å². The van der Waals surface area contributed by atoms with Crippen LogP contribution < -0.4 is 27.0 Å². The number of hydrogen-bond donors (Lipinski definition) is 8. The average molecular weight is 921 g/mol. The van der Waals surface area contributed by atoms with Gasteiger partial charge in [-0.2, -0.15) is 0 Å². The summed E-state index contributed by atoms with van der Waals surface area (Å²) in [6, 6.07) is 4.14. The first kappa shape index (κ1) is 53.6. The molecule has 3 rings (SSSR count). The molecule has 7 atom stereocenters. The molecule has 2 heterocycles. The summed E-state index contributed by atoms with van der Waals surface area (Å²) >= 11 is 0. The van der Waals surface area contributed by atoms with Crippen molar-refractivity contribution in [1.29, 1.82) is 0 Å². The van der Waals surface area contributed by atoms with Gasteiger partial charge in [0.2, 0.25) is 35.4 Å². The summed E-state index contributed by atoms with van der Waals surface area (Å²) in [5.41, 5.74) is 7.31. The maximum Gasteiger partial charge on any atom is 0.472 e. The molecular formula is C43H69N8O12P. The summed E-state index contributed by atoms with van der Waals surface area (Å²) in [4.78, 5) is 98.5. The second-order valence-corrected chi connectivity index (χ2v) is 17.9. The van der Waals surface area contributed by atoms with Crippen LogP contribution in [0.4, 0.5) is 0 Å². The number of aliphatic hydroxyl groups is 1. The molecule has 1 aromatic carbocycles. The van der Waals surface area contributed by atoms with Crippen molar-refractivity contribution in [2.45, 2.75) is 141 Å². The number of rotatable bonds is 31. The minimum absolute atomic E-state index is 0.0212. The topological polar surface area (TPSA) is 294 Å². The number of amides is 6. The average Bonchev–Trinajstić information content (AvgIpc) is 3.96. The molecule has 21 heteroatoms. The Bertz CT molecular complexity index is 1800. The van der Waals surface area contributed by atoms with Gasteiger partial charge in [-0.25, -0.2) is 9.55 Å². The number of carbonyl (C=O) groups excluding carboxylic acids is 6. The number of benzene rings is 1. The Morgan fingerprint density at radius 3 is 2.23 bits per heavy atom. The van der Waals surface area contributed by atoms with E-state index in [1.165, 1.54) is 36.8 Å².